The average Bonchev–Trinajstić information content (AvgIpc) is 2.71. The van der Waals surface area contributed by atoms with E-state index in [4.69, 9.17) is 0 Å². The fourth-order valence-electron chi connectivity index (χ4n) is 1.21. The lowest BCUT2D eigenvalue weighted by Gasteiger charge is -1.96. The lowest BCUT2D eigenvalue weighted by molar-refractivity contribution is 0.102. The van der Waals surface area contributed by atoms with Crippen molar-refractivity contribution in [3.63, 3.8) is 0 Å². The van der Waals surface area contributed by atoms with Crippen LogP contribution in [0.4, 0.5) is 0 Å². The van der Waals surface area contributed by atoms with E-state index in [2.05, 4.69) is 31.2 Å². The minimum absolute atomic E-state index is 0.248. The van der Waals surface area contributed by atoms with E-state index in [9.17, 15) is 4.79 Å². The standard InChI is InChI=1S/C8H8BrN5O/c1-13-4-10-11-8(13)7(15)6-5(9)3-14(2)12-6/h3-4H,1-2H3. The van der Waals surface area contributed by atoms with Gasteiger partial charge in [-0.05, 0) is 15.9 Å². The van der Waals surface area contributed by atoms with E-state index in [1.54, 1.807) is 29.5 Å². The number of aromatic nitrogens is 5. The molecule has 0 aliphatic heterocycles. The first-order chi connectivity index (χ1) is 7.09. The van der Waals surface area contributed by atoms with Gasteiger partial charge >= 0.3 is 0 Å². The van der Waals surface area contributed by atoms with Crippen molar-refractivity contribution in [1.82, 2.24) is 24.5 Å². The predicted molar refractivity (Wildman–Crippen MR) is 55.3 cm³/mol. The van der Waals surface area contributed by atoms with Crippen molar-refractivity contribution < 1.29 is 4.79 Å². The highest BCUT2D eigenvalue weighted by Gasteiger charge is 2.20. The van der Waals surface area contributed by atoms with Crippen LogP contribution in [0, 0.1) is 0 Å². The summed E-state index contributed by atoms with van der Waals surface area (Å²) in [6.45, 7) is 0. The Balaban J connectivity index is 2.45. The van der Waals surface area contributed by atoms with Gasteiger partial charge in [0.15, 0.2) is 5.69 Å². The summed E-state index contributed by atoms with van der Waals surface area (Å²) in [4.78, 5) is 11.9. The molecule has 0 amide bonds. The zero-order valence-electron chi connectivity index (χ0n) is 8.18. The first-order valence-corrected chi connectivity index (χ1v) is 4.96. The molecule has 0 atom stereocenters. The number of carbonyl (C=O) groups is 1. The van der Waals surface area contributed by atoms with Crippen LogP contribution in [-0.4, -0.2) is 30.3 Å². The topological polar surface area (TPSA) is 65.6 Å². The van der Waals surface area contributed by atoms with Gasteiger partial charge in [0.1, 0.15) is 6.33 Å². The van der Waals surface area contributed by atoms with Crippen LogP contribution in [0.1, 0.15) is 16.3 Å². The predicted octanol–water partition coefficient (Wildman–Crippen LogP) is 0.542. The van der Waals surface area contributed by atoms with Crippen molar-refractivity contribution in [1.29, 1.82) is 0 Å². The third-order valence-electron chi connectivity index (χ3n) is 1.91. The quantitative estimate of drug-likeness (QED) is 0.747. The van der Waals surface area contributed by atoms with Gasteiger partial charge in [-0.25, -0.2) is 0 Å². The fourth-order valence-corrected chi connectivity index (χ4v) is 1.76. The Morgan fingerprint density at radius 1 is 1.47 bits per heavy atom. The van der Waals surface area contributed by atoms with Gasteiger partial charge in [0.05, 0.1) is 4.47 Å². The summed E-state index contributed by atoms with van der Waals surface area (Å²) >= 11 is 3.27. The average molecular weight is 270 g/mol. The Hall–Kier alpha value is -1.50. The molecule has 78 valence electrons. The number of carbonyl (C=O) groups excluding carboxylic acids is 1. The van der Waals surface area contributed by atoms with Gasteiger partial charge in [-0.3, -0.25) is 9.48 Å². The molecule has 0 fully saturated rings. The van der Waals surface area contributed by atoms with Gasteiger partial charge in [-0.2, -0.15) is 5.10 Å². The zero-order valence-corrected chi connectivity index (χ0v) is 9.76. The van der Waals surface area contributed by atoms with Crippen molar-refractivity contribution in [3.05, 3.63) is 28.5 Å². The SMILES string of the molecule is Cn1cc(Br)c(C(=O)c2nncn2C)n1. The molecule has 0 aliphatic rings. The second-order valence-corrected chi connectivity index (χ2v) is 3.95. The molecular formula is C8H8BrN5O. The van der Waals surface area contributed by atoms with Gasteiger partial charge in [-0.1, -0.05) is 0 Å². The van der Waals surface area contributed by atoms with Crippen LogP contribution in [-0.2, 0) is 14.1 Å². The molecule has 0 N–H and O–H groups in total. The molecule has 2 aromatic rings. The third-order valence-corrected chi connectivity index (χ3v) is 2.49. The molecule has 0 aromatic carbocycles. The summed E-state index contributed by atoms with van der Waals surface area (Å²) in [5.41, 5.74) is 0.341. The van der Waals surface area contributed by atoms with Crippen LogP contribution in [0.3, 0.4) is 0 Å². The van der Waals surface area contributed by atoms with E-state index in [-0.39, 0.29) is 11.6 Å². The summed E-state index contributed by atoms with van der Waals surface area (Å²) in [7, 11) is 3.46. The summed E-state index contributed by atoms with van der Waals surface area (Å²) in [5.74, 6) is 0.0249. The molecule has 0 aliphatic carbocycles. The van der Waals surface area contributed by atoms with E-state index in [0.29, 0.717) is 10.2 Å². The molecule has 2 rings (SSSR count). The highest BCUT2D eigenvalue weighted by Crippen LogP contribution is 2.16. The lowest BCUT2D eigenvalue weighted by Crippen LogP contribution is -2.10. The van der Waals surface area contributed by atoms with E-state index in [1.165, 1.54) is 6.33 Å². The van der Waals surface area contributed by atoms with Crippen molar-refractivity contribution in [3.8, 4) is 0 Å². The Labute approximate surface area is 94.0 Å². The number of ketones is 1. The number of hydrogen-bond acceptors (Lipinski definition) is 4. The molecule has 15 heavy (non-hydrogen) atoms. The number of rotatable bonds is 2. The van der Waals surface area contributed by atoms with Gasteiger partial charge in [0.25, 0.3) is 5.78 Å². The maximum absolute atomic E-state index is 11.9. The first kappa shape index (κ1) is 10.0. The van der Waals surface area contributed by atoms with Crippen molar-refractivity contribution in [2.45, 2.75) is 0 Å². The number of halogens is 1. The summed E-state index contributed by atoms with van der Waals surface area (Å²) in [5, 5.41) is 11.4. The van der Waals surface area contributed by atoms with Crippen LogP contribution in [0.2, 0.25) is 0 Å². The second-order valence-electron chi connectivity index (χ2n) is 3.09. The van der Waals surface area contributed by atoms with E-state index in [0.717, 1.165) is 0 Å². The summed E-state index contributed by atoms with van der Waals surface area (Å²) in [6, 6.07) is 0. The molecule has 0 spiro atoms. The van der Waals surface area contributed by atoms with Crippen LogP contribution in [0.5, 0.6) is 0 Å². The highest BCUT2D eigenvalue weighted by molar-refractivity contribution is 9.10. The van der Waals surface area contributed by atoms with Crippen LogP contribution in [0.15, 0.2) is 17.0 Å². The molecule has 0 saturated heterocycles. The van der Waals surface area contributed by atoms with Crippen LogP contribution >= 0.6 is 15.9 Å². The zero-order chi connectivity index (χ0) is 11.0. The van der Waals surface area contributed by atoms with E-state index in [1.807, 2.05) is 0 Å². The Kier molecular flexibility index (Phi) is 2.39. The molecule has 2 heterocycles. The molecule has 0 radical (unpaired) electrons. The molecule has 2 aromatic heterocycles. The molecule has 6 nitrogen and oxygen atoms in total. The largest absolute Gasteiger partial charge is 0.314 e. The van der Waals surface area contributed by atoms with Crippen molar-refractivity contribution in [2.75, 3.05) is 0 Å². The maximum atomic E-state index is 11.9. The van der Waals surface area contributed by atoms with Gasteiger partial charge < -0.3 is 4.57 Å². The molecule has 0 bridgehead atoms. The van der Waals surface area contributed by atoms with Crippen molar-refractivity contribution in [2.24, 2.45) is 14.1 Å². The minimum atomic E-state index is -0.248. The summed E-state index contributed by atoms with van der Waals surface area (Å²) in [6.07, 6.45) is 3.19. The van der Waals surface area contributed by atoms with Crippen LogP contribution in [0.25, 0.3) is 0 Å². The van der Waals surface area contributed by atoms with Crippen LogP contribution < -0.4 is 0 Å². The number of nitrogens with zero attached hydrogens (tertiary/aromatic N) is 5. The minimum Gasteiger partial charge on any atom is -0.314 e. The van der Waals surface area contributed by atoms with E-state index >= 15 is 0 Å². The Bertz CT molecular complexity index is 515. The number of hydrogen-bond donors (Lipinski definition) is 0. The monoisotopic (exact) mass is 269 g/mol. The number of aryl methyl sites for hydroxylation is 2. The highest BCUT2D eigenvalue weighted by atomic mass is 79.9. The van der Waals surface area contributed by atoms with Gasteiger partial charge in [-0.15, -0.1) is 10.2 Å². The third kappa shape index (κ3) is 1.70. The molecule has 7 heteroatoms. The van der Waals surface area contributed by atoms with E-state index < -0.39 is 0 Å². The second kappa shape index (κ2) is 3.58. The Morgan fingerprint density at radius 2 is 2.20 bits per heavy atom. The maximum Gasteiger partial charge on any atom is 0.251 e. The molecule has 0 saturated carbocycles. The van der Waals surface area contributed by atoms with Gasteiger partial charge in [0.2, 0.25) is 5.82 Å². The Morgan fingerprint density at radius 3 is 2.67 bits per heavy atom. The molecule has 0 unspecified atom stereocenters. The normalized spacial score (nSPS) is 10.6. The lowest BCUT2D eigenvalue weighted by atomic mass is 10.3. The van der Waals surface area contributed by atoms with Gasteiger partial charge in [0, 0.05) is 20.3 Å². The smallest absolute Gasteiger partial charge is 0.251 e. The summed E-state index contributed by atoms with van der Waals surface area (Å²) < 4.78 is 3.77. The van der Waals surface area contributed by atoms with Crippen molar-refractivity contribution >= 4 is 21.7 Å². The molecular weight excluding hydrogens is 262 g/mol. The first-order valence-electron chi connectivity index (χ1n) is 4.17. The fraction of sp³-hybridized carbons (Fsp3) is 0.250.